The van der Waals surface area contributed by atoms with Crippen molar-refractivity contribution in [3.8, 4) is 0 Å². The lowest BCUT2D eigenvalue weighted by Gasteiger charge is -2.15. The summed E-state index contributed by atoms with van der Waals surface area (Å²) < 4.78 is 5.79. The predicted octanol–water partition coefficient (Wildman–Crippen LogP) is 3.19. The van der Waals surface area contributed by atoms with Crippen LogP contribution in [0.4, 0.5) is 5.82 Å². The van der Waals surface area contributed by atoms with Gasteiger partial charge in [-0.25, -0.2) is 4.98 Å². The maximum atomic E-state index is 12.7. The molecular weight excluding hydrogens is 380 g/mol. The Balaban J connectivity index is 1.48. The first-order valence-electron chi connectivity index (χ1n) is 9.78. The quantitative estimate of drug-likeness (QED) is 0.676. The van der Waals surface area contributed by atoms with Crippen LogP contribution in [0.1, 0.15) is 22.5 Å². The van der Waals surface area contributed by atoms with E-state index in [1.54, 1.807) is 30.3 Å². The fraction of sp³-hybridized carbons (Fsp3) is 0.261. The summed E-state index contributed by atoms with van der Waals surface area (Å²) in [6.07, 6.45) is 4.95. The van der Waals surface area contributed by atoms with Crippen LogP contribution in [-0.4, -0.2) is 47.2 Å². The Morgan fingerprint density at radius 2 is 2.13 bits per heavy atom. The number of aromatic nitrogens is 1. The van der Waals surface area contributed by atoms with Gasteiger partial charge in [0.2, 0.25) is 11.8 Å². The molecule has 154 valence electrons. The molecule has 0 saturated carbocycles. The van der Waals surface area contributed by atoms with Gasteiger partial charge in [-0.1, -0.05) is 18.2 Å². The number of likely N-dealkylation sites (N-methyl/N-ethyl adjacent to an activating group) is 2. The molecule has 0 spiro atoms. The molecule has 7 nitrogen and oxygen atoms in total. The van der Waals surface area contributed by atoms with Gasteiger partial charge < -0.3 is 14.6 Å². The molecule has 1 aliphatic rings. The molecule has 7 heteroatoms. The lowest BCUT2D eigenvalue weighted by atomic mass is 10.1. The lowest BCUT2D eigenvalue weighted by Crippen LogP contribution is -2.26. The molecule has 0 bridgehead atoms. The standard InChI is InChI=1S/C23H24N4O3/c1-15-19(18-6-4-5-7-20(18)30-15)13-27(3)22(29)9-8-16-10-17-12-26(2)14-21(28)25-23(17)24-11-16/h4-11H,12-14H2,1-3H3,(H,24,25,28)/b9-8+. The normalized spacial score (nSPS) is 14.6. The summed E-state index contributed by atoms with van der Waals surface area (Å²) >= 11 is 0. The van der Waals surface area contributed by atoms with Crippen LogP contribution in [0, 0.1) is 6.92 Å². The maximum Gasteiger partial charge on any atom is 0.246 e. The van der Waals surface area contributed by atoms with Crippen molar-refractivity contribution in [2.24, 2.45) is 0 Å². The second-order valence-corrected chi connectivity index (χ2v) is 7.66. The van der Waals surface area contributed by atoms with Crippen LogP contribution < -0.4 is 5.32 Å². The Hall–Kier alpha value is -3.45. The summed E-state index contributed by atoms with van der Waals surface area (Å²) in [5.41, 5.74) is 3.58. The van der Waals surface area contributed by atoms with Crippen molar-refractivity contribution in [2.75, 3.05) is 26.0 Å². The van der Waals surface area contributed by atoms with Crippen molar-refractivity contribution >= 4 is 34.7 Å². The molecule has 1 N–H and O–H groups in total. The number of nitrogens with zero attached hydrogens (tertiary/aromatic N) is 3. The van der Waals surface area contributed by atoms with Crippen LogP contribution in [0.2, 0.25) is 0 Å². The molecule has 0 aliphatic carbocycles. The van der Waals surface area contributed by atoms with E-state index in [2.05, 4.69) is 10.3 Å². The number of para-hydroxylation sites is 1. The van der Waals surface area contributed by atoms with E-state index in [0.29, 0.717) is 25.5 Å². The Morgan fingerprint density at radius 3 is 2.97 bits per heavy atom. The molecule has 4 rings (SSSR count). The van der Waals surface area contributed by atoms with E-state index in [4.69, 9.17) is 4.42 Å². The van der Waals surface area contributed by atoms with E-state index < -0.39 is 0 Å². The summed E-state index contributed by atoms with van der Waals surface area (Å²) in [6, 6.07) is 9.78. The first kappa shape index (κ1) is 19.8. The minimum absolute atomic E-state index is 0.0779. The molecule has 2 amide bonds. The van der Waals surface area contributed by atoms with Crippen LogP contribution in [0.5, 0.6) is 0 Å². The first-order chi connectivity index (χ1) is 14.4. The van der Waals surface area contributed by atoms with Gasteiger partial charge in [0.05, 0.1) is 6.54 Å². The molecule has 2 aromatic heterocycles. The number of anilines is 1. The summed E-state index contributed by atoms with van der Waals surface area (Å²) in [6.45, 7) is 3.32. The van der Waals surface area contributed by atoms with E-state index in [9.17, 15) is 9.59 Å². The number of aryl methyl sites for hydroxylation is 1. The molecule has 3 aromatic rings. The van der Waals surface area contributed by atoms with Gasteiger partial charge in [0, 0.05) is 48.9 Å². The highest BCUT2D eigenvalue weighted by molar-refractivity contribution is 5.94. The highest BCUT2D eigenvalue weighted by atomic mass is 16.3. The van der Waals surface area contributed by atoms with Crippen molar-refractivity contribution in [3.05, 3.63) is 65.1 Å². The zero-order chi connectivity index (χ0) is 21.3. The number of fused-ring (bicyclic) bond motifs is 2. The van der Waals surface area contributed by atoms with Crippen LogP contribution in [-0.2, 0) is 22.7 Å². The van der Waals surface area contributed by atoms with E-state index in [1.807, 2.05) is 49.2 Å². The number of benzene rings is 1. The zero-order valence-electron chi connectivity index (χ0n) is 17.3. The topological polar surface area (TPSA) is 78.7 Å². The van der Waals surface area contributed by atoms with Gasteiger partial charge in [-0.3, -0.25) is 14.5 Å². The monoisotopic (exact) mass is 404 g/mol. The highest BCUT2D eigenvalue weighted by Crippen LogP contribution is 2.26. The average molecular weight is 404 g/mol. The van der Waals surface area contributed by atoms with Gasteiger partial charge >= 0.3 is 0 Å². The summed E-state index contributed by atoms with van der Waals surface area (Å²) in [5, 5.41) is 3.84. The van der Waals surface area contributed by atoms with Gasteiger partial charge in [-0.2, -0.15) is 0 Å². The van der Waals surface area contributed by atoms with E-state index in [1.165, 1.54) is 0 Å². The summed E-state index contributed by atoms with van der Waals surface area (Å²) in [4.78, 5) is 32.4. The average Bonchev–Trinajstić information content (AvgIpc) is 2.93. The molecule has 0 unspecified atom stereocenters. The first-order valence-corrected chi connectivity index (χ1v) is 9.78. The largest absolute Gasteiger partial charge is 0.461 e. The number of pyridine rings is 1. The van der Waals surface area contributed by atoms with Gasteiger partial charge in [-0.05, 0) is 37.7 Å². The maximum absolute atomic E-state index is 12.7. The van der Waals surface area contributed by atoms with E-state index in [0.717, 1.165) is 33.4 Å². The third-order valence-electron chi connectivity index (χ3n) is 5.19. The van der Waals surface area contributed by atoms with Gasteiger partial charge in [0.15, 0.2) is 0 Å². The van der Waals surface area contributed by atoms with E-state index in [-0.39, 0.29) is 11.8 Å². The van der Waals surface area contributed by atoms with Crippen LogP contribution >= 0.6 is 0 Å². The van der Waals surface area contributed by atoms with Crippen LogP contribution in [0.15, 0.2) is 47.0 Å². The Morgan fingerprint density at radius 1 is 1.33 bits per heavy atom. The Bertz CT molecular complexity index is 1150. The zero-order valence-corrected chi connectivity index (χ0v) is 17.3. The SMILES string of the molecule is Cc1oc2ccccc2c1CN(C)C(=O)/C=C/c1cnc2c(c1)CN(C)CC(=O)N2. The molecule has 0 fully saturated rings. The van der Waals surface area contributed by atoms with Crippen molar-refractivity contribution < 1.29 is 14.0 Å². The number of carbonyl (C=O) groups is 2. The number of hydrogen-bond acceptors (Lipinski definition) is 5. The number of hydrogen-bond donors (Lipinski definition) is 1. The second kappa shape index (κ2) is 8.12. The summed E-state index contributed by atoms with van der Waals surface area (Å²) in [7, 11) is 3.66. The van der Waals surface area contributed by atoms with Crippen LogP contribution in [0.3, 0.4) is 0 Å². The van der Waals surface area contributed by atoms with Gasteiger partial charge in [0.1, 0.15) is 17.2 Å². The number of carbonyl (C=O) groups excluding carboxylic acids is 2. The van der Waals surface area contributed by atoms with Crippen LogP contribution in [0.25, 0.3) is 17.0 Å². The van der Waals surface area contributed by atoms with Crippen molar-refractivity contribution in [1.29, 1.82) is 0 Å². The molecule has 1 aliphatic heterocycles. The second-order valence-electron chi connectivity index (χ2n) is 7.66. The third-order valence-corrected chi connectivity index (χ3v) is 5.19. The minimum atomic E-state index is -0.111. The molecule has 0 saturated heterocycles. The predicted molar refractivity (Wildman–Crippen MR) is 116 cm³/mol. The molecular formula is C23H24N4O3. The molecule has 0 atom stereocenters. The minimum Gasteiger partial charge on any atom is -0.461 e. The Labute approximate surface area is 175 Å². The molecule has 0 radical (unpaired) electrons. The molecule has 3 heterocycles. The number of rotatable bonds is 4. The van der Waals surface area contributed by atoms with Gasteiger partial charge in [0.25, 0.3) is 0 Å². The van der Waals surface area contributed by atoms with Crippen molar-refractivity contribution in [3.63, 3.8) is 0 Å². The van der Waals surface area contributed by atoms with Gasteiger partial charge in [-0.15, -0.1) is 0 Å². The fourth-order valence-electron chi connectivity index (χ4n) is 3.64. The van der Waals surface area contributed by atoms with E-state index >= 15 is 0 Å². The summed E-state index contributed by atoms with van der Waals surface area (Å²) in [5.74, 6) is 1.21. The number of amides is 2. The van der Waals surface area contributed by atoms with Crippen molar-refractivity contribution in [1.82, 2.24) is 14.8 Å². The number of nitrogens with one attached hydrogen (secondary N) is 1. The smallest absolute Gasteiger partial charge is 0.246 e. The Kier molecular flexibility index (Phi) is 5.37. The number of furan rings is 1. The third kappa shape index (κ3) is 4.11. The molecule has 1 aromatic carbocycles. The highest BCUT2D eigenvalue weighted by Gasteiger charge is 2.18. The fourth-order valence-corrected chi connectivity index (χ4v) is 3.64. The lowest BCUT2D eigenvalue weighted by molar-refractivity contribution is -0.125. The van der Waals surface area contributed by atoms with Crippen molar-refractivity contribution in [2.45, 2.75) is 20.0 Å². The molecule has 30 heavy (non-hydrogen) atoms.